The molecule has 136 valence electrons. The van der Waals surface area contributed by atoms with E-state index in [4.69, 9.17) is 0 Å². The Morgan fingerprint density at radius 2 is 1.92 bits per heavy atom. The Kier molecular flexibility index (Phi) is 6.81. The molecule has 0 bridgehead atoms. The lowest BCUT2D eigenvalue weighted by atomic mass is 10.0. The number of sulfonamides is 1. The van der Waals surface area contributed by atoms with E-state index in [0.717, 1.165) is 18.7 Å². The Labute approximate surface area is 150 Å². The normalized spacial score (nSPS) is 18.4. The van der Waals surface area contributed by atoms with E-state index in [9.17, 15) is 13.2 Å². The minimum absolute atomic E-state index is 0. The average Bonchev–Trinajstić information content (AvgIpc) is 2.49. The van der Waals surface area contributed by atoms with Gasteiger partial charge >= 0.3 is 0 Å². The fraction of sp³-hybridized carbons (Fsp3) is 0.562. The van der Waals surface area contributed by atoms with Gasteiger partial charge in [-0.15, -0.1) is 12.4 Å². The maximum Gasteiger partial charge on any atom is 0.254 e. The van der Waals surface area contributed by atoms with Gasteiger partial charge in [0.25, 0.3) is 5.91 Å². The molecule has 0 radical (unpaired) electrons. The van der Waals surface area contributed by atoms with Crippen LogP contribution in [0.4, 0.5) is 0 Å². The lowest BCUT2D eigenvalue weighted by Crippen LogP contribution is -2.52. The minimum atomic E-state index is -3.58. The molecule has 1 atom stereocenters. The van der Waals surface area contributed by atoms with Crippen molar-refractivity contribution in [3.63, 3.8) is 0 Å². The van der Waals surface area contributed by atoms with Gasteiger partial charge in [-0.25, -0.2) is 12.7 Å². The van der Waals surface area contributed by atoms with Gasteiger partial charge in [-0.2, -0.15) is 0 Å². The summed E-state index contributed by atoms with van der Waals surface area (Å²) in [5.74, 6) is -0.114. The number of halogens is 1. The van der Waals surface area contributed by atoms with Crippen LogP contribution in [0.3, 0.4) is 0 Å². The third kappa shape index (κ3) is 3.91. The molecule has 1 heterocycles. The lowest BCUT2D eigenvalue weighted by Gasteiger charge is -2.34. The predicted molar refractivity (Wildman–Crippen MR) is 97.4 cm³/mol. The first-order valence-corrected chi connectivity index (χ1v) is 9.15. The van der Waals surface area contributed by atoms with Gasteiger partial charge in [0.05, 0.1) is 4.90 Å². The van der Waals surface area contributed by atoms with E-state index >= 15 is 0 Å². The molecule has 0 aliphatic carbocycles. The fourth-order valence-electron chi connectivity index (χ4n) is 2.72. The molecule has 2 rings (SSSR count). The molecule has 1 fully saturated rings. The summed E-state index contributed by atoms with van der Waals surface area (Å²) in [5, 5.41) is 3.25. The van der Waals surface area contributed by atoms with Crippen molar-refractivity contribution in [3.05, 3.63) is 28.8 Å². The maximum atomic E-state index is 12.8. The van der Waals surface area contributed by atoms with Crippen molar-refractivity contribution in [2.24, 2.45) is 0 Å². The van der Waals surface area contributed by atoms with Crippen molar-refractivity contribution in [1.29, 1.82) is 0 Å². The first-order chi connectivity index (χ1) is 10.7. The van der Waals surface area contributed by atoms with Crippen molar-refractivity contribution in [3.8, 4) is 0 Å². The number of aryl methyl sites for hydroxylation is 1. The number of hydrogen-bond donors (Lipinski definition) is 1. The van der Waals surface area contributed by atoms with Gasteiger partial charge in [-0.05, 0) is 44.0 Å². The van der Waals surface area contributed by atoms with Crippen LogP contribution in [0.2, 0.25) is 0 Å². The molecule has 1 aromatic carbocycles. The van der Waals surface area contributed by atoms with Gasteiger partial charge in [-0.3, -0.25) is 4.79 Å². The number of rotatable bonds is 3. The van der Waals surface area contributed by atoms with Crippen molar-refractivity contribution in [1.82, 2.24) is 14.5 Å². The smallest absolute Gasteiger partial charge is 0.254 e. The van der Waals surface area contributed by atoms with Gasteiger partial charge in [0, 0.05) is 45.3 Å². The third-order valence-electron chi connectivity index (χ3n) is 4.39. The van der Waals surface area contributed by atoms with Crippen LogP contribution in [-0.4, -0.2) is 63.3 Å². The highest BCUT2D eigenvalue weighted by molar-refractivity contribution is 7.89. The zero-order chi connectivity index (χ0) is 17.4. The average molecular weight is 376 g/mol. The van der Waals surface area contributed by atoms with Gasteiger partial charge in [0.1, 0.15) is 0 Å². The molecular weight excluding hydrogens is 350 g/mol. The highest BCUT2D eigenvalue weighted by atomic mass is 35.5. The molecule has 1 aliphatic rings. The molecule has 1 amide bonds. The highest BCUT2D eigenvalue weighted by Crippen LogP contribution is 2.24. The van der Waals surface area contributed by atoms with Crippen molar-refractivity contribution < 1.29 is 13.2 Å². The standard InChI is InChI=1S/C16H25N3O3S.ClH/c1-11-8-14(16(20)19-7-6-17-10-12(19)2)9-15(13(11)3)23(21,22)18(4)5;/h8-9,12,17H,6-7,10H2,1-5H3;1H/t12-;/m1./s1. The van der Waals surface area contributed by atoms with Crippen LogP contribution < -0.4 is 5.32 Å². The SMILES string of the molecule is Cc1cc(C(=O)N2CCNC[C@H]2C)cc(S(=O)(=O)N(C)C)c1C.Cl. The number of piperazine rings is 1. The first kappa shape index (κ1) is 20.9. The fourth-order valence-corrected chi connectivity index (χ4v) is 3.94. The zero-order valence-corrected chi connectivity index (χ0v) is 16.4. The minimum Gasteiger partial charge on any atom is -0.333 e. The largest absolute Gasteiger partial charge is 0.333 e. The Bertz CT molecular complexity index is 720. The number of benzene rings is 1. The number of nitrogens with zero attached hydrogens (tertiary/aromatic N) is 2. The molecule has 1 saturated heterocycles. The van der Waals surface area contributed by atoms with E-state index < -0.39 is 10.0 Å². The molecule has 1 aromatic rings. The molecule has 1 N–H and O–H groups in total. The summed E-state index contributed by atoms with van der Waals surface area (Å²) >= 11 is 0. The van der Waals surface area contributed by atoms with E-state index in [-0.39, 0.29) is 29.3 Å². The van der Waals surface area contributed by atoms with Crippen LogP contribution in [0, 0.1) is 13.8 Å². The van der Waals surface area contributed by atoms with Crippen LogP contribution in [0.5, 0.6) is 0 Å². The summed E-state index contributed by atoms with van der Waals surface area (Å²) in [6, 6.07) is 3.38. The van der Waals surface area contributed by atoms with E-state index in [2.05, 4.69) is 5.32 Å². The van der Waals surface area contributed by atoms with Crippen molar-refractivity contribution in [2.45, 2.75) is 31.7 Å². The highest BCUT2D eigenvalue weighted by Gasteiger charge is 2.27. The Hall–Kier alpha value is -1.15. The quantitative estimate of drug-likeness (QED) is 0.867. The summed E-state index contributed by atoms with van der Waals surface area (Å²) in [6.45, 7) is 7.73. The van der Waals surface area contributed by atoms with Crippen LogP contribution in [0.25, 0.3) is 0 Å². The van der Waals surface area contributed by atoms with E-state index in [1.165, 1.54) is 24.5 Å². The second-order valence-corrected chi connectivity index (χ2v) is 8.38. The van der Waals surface area contributed by atoms with Gasteiger partial charge in [-0.1, -0.05) is 0 Å². The van der Waals surface area contributed by atoms with Crippen LogP contribution in [0.15, 0.2) is 17.0 Å². The predicted octanol–water partition coefficient (Wildman–Crippen LogP) is 1.41. The zero-order valence-electron chi connectivity index (χ0n) is 14.8. The molecule has 0 spiro atoms. The second-order valence-electron chi connectivity index (χ2n) is 6.26. The Balaban J connectivity index is 0.00000288. The summed E-state index contributed by atoms with van der Waals surface area (Å²) in [7, 11) is -0.586. The topological polar surface area (TPSA) is 69.7 Å². The molecule has 0 saturated carbocycles. The third-order valence-corrected chi connectivity index (χ3v) is 6.33. The molecular formula is C16H26ClN3O3S. The Morgan fingerprint density at radius 1 is 1.29 bits per heavy atom. The molecule has 1 aliphatic heterocycles. The molecule has 8 heteroatoms. The lowest BCUT2D eigenvalue weighted by molar-refractivity contribution is 0.0655. The van der Waals surface area contributed by atoms with Gasteiger partial charge in [0.2, 0.25) is 10.0 Å². The van der Waals surface area contributed by atoms with Crippen LogP contribution in [-0.2, 0) is 10.0 Å². The second kappa shape index (κ2) is 7.82. The van der Waals surface area contributed by atoms with Crippen LogP contribution in [0.1, 0.15) is 28.4 Å². The number of amides is 1. The number of hydrogen-bond acceptors (Lipinski definition) is 4. The van der Waals surface area contributed by atoms with Crippen molar-refractivity contribution in [2.75, 3.05) is 33.7 Å². The van der Waals surface area contributed by atoms with Crippen molar-refractivity contribution >= 4 is 28.3 Å². The summed E-state index contributed by atoms with van der Waals surface area (Å²) in [5.41, 5.74) is 1.92. The Morgan fingerprint density at radius 3 is 2.46 bits per heavy atom. The number of carbonyl (C=O) groups is 1. The molecule has 0 unspecified atom stereocenters. The molecule has 6 nitrogen and oxygen atoms in total. The first-order valence-electron chi connectivity index (χ1n) is 7.71. The van der Waals surface area contributed by atoms with E-state index in [0.29, 0.717) is 17.7 Å². The number of nitrogens with one attached hydrogen (secondary N) is 1. The molecule has 24 heavy (non-hydrogen) atoms. The maximum absolute atomic E-state index is 12.8. The summed E-state index contributed by atoms with van der Waals surface area (Å²) < 4.78 is 26.2. The summed E-state index contributed by atoms with van der Waals surface area (Å²) in [6.07, 6.45) is 0. The molecule has 0 aromatic heterocycles. The van der Waals surface area contributed by atoms with E-state index in [1.807, 2.05) is 13.8 Å². The number of carbonyl (C=O) groups excluding carboxylic acids is 1. The monoisotopic (exact) mass is 375 g/mol. The van der Waals surface area contributed by atoms with Gasteiger partial charge in [0.15, 0.2) is 0 Å². The van der Waals surface area contributed by atoms with E-state index in [1.54, 1.807) is 17.9 Å². The summed E-state index contributed by atoms with van der Waals surface area (Å²) in [4.78, 5) is 14.8. The van der Waals surface area contributed by atoms with Crippen LogP contribution >= 0.6 is 12.4 Å². The van der Waals surface area contributed by atoms with Gasteiger partial charge < -0.3 is 10.2 Å².